The molecule has 1 aromatic carbocycles. The molecule has 100 valence electrons. The Morgan fingerprint density at radius 3 is 2.50 bits per heavy atom. The van der Waals surface area contributed by atoms with Gasteiger partial charge in [0.05, 0.1) is 12.7 Å². The van der Waals surface area contributed by atoms with E-state index >= 15 is 0 Å². The van der Waals surface area contributed by atoms with Crippen molar-refractivity contribution in [2.24, 2.45) is 0 Å². The average molecular weight is 272 g/mol. The van der Waals surface area contributed by atoms with Gasteiger partial charge in [0.1, 0.15) is 0 Å². The van der Waals surface area contributed by atoms with E-state index in [1.807, 2.05) is 0 Å². The third-order valence-electron chi connectivity index (χ3n) is 2.13. The summed E-state index contributed by atoms with van der Waals surface area (Å²) < 4.78 is 11.0. The van der Waals surface area contributed by atoms with Gasteiger partial charge < -0.3 is 20.0 Å². The first kappa shape index (κ1) is 14.9. The third kappa shape index (κ3) is 5.42. The highest BCUT2D eigenvalue weighted by Crippen LogP contribution is 2.40. The molecule has 0 spiro atoms. The predicted octanol–water partition coefficient (Wildman–Crippen LogP) is 0.864. The zero-order valence-corrected chi connectivity index (χ0v) is 11.2. The van der Waals surface area contributed by atoms with Gasteiger partial charge in [-0.3, -0.25) is 9.36 Å². The number of carbonyl (C=O) groups is 1. The molecule has 0 fully saturated rings. The number of anilines is 1. The van der Waals surface area contributed by atoms with Gasteiger partial charge in [0.2, 0.25) is 5.91 Å². The van der Waals surface area contributed by atoms with Gasteiger partial charge in [0, 0.05) is 5.69 Å². The van der Waals surface area contributed by atoms with E-state index in [1.165, 1.54) is 0 Å². The van der Waals surface area contributed by atoms with Crippen molar-refractivity contribution in [1.29, 1.82) is 0 Å². The fraction of sp³-hybridized carbons (Fsp3) is 0.364. The molecule has 7 heteroatoms. The summed E-state index contributed by atoms with van der Waals surface area (Å²) in [5.41, 5.74) is 0.866. The maximum Gasteiger partial charge on any atom is 0.329 e. The van der Waals surface area contributed by atoms with E-state index in [0.29, 0.717) is 11.3 Å². The Balaban J connectivity index is 2.82. The normalized spacial score (nSPS) is 11.6. The highest BCUT2D eigenvalue weighted by Gasteiger charge is 2.17. The Morgan fingerprint density at radius 1 is 1.33 bits per heavy atom. The van der Waals surface area contributed by atoms with Crippen LogP contribution >= 0.6 is 7.60 Å². The Hall–Kier alpha value is -1.20. The van der Waals surface area contributed by atoms with E-state index in [9.17, 15) is 9.36 Å². The summed E-state index contributed by atoms with van der Waals surface area (Å²) in [6, 6.07) is 6.59. The molecule has 1 amide bonds. The maximum absolute atomic E-state index is 11.6. The molecular formula is C11H17N2O4P. The van der Waals surface area contributed by atoms with Crippen molar-refractivity contribution < 1.29 is 19.1 Å². The third-order valence-corrected chi connectivity index (χ3v) is 2.88. The summed E-state index contributed by atoms with van der Waals surface area (Å²) in [5, 5.41) is 2.64. The SMILES string of the molecule is CN(C)CC(=O)Nc1ccccc1CP(=O)(O)O. The van der Waals surface area contributed by atoms with Crippen LogP contribution in [0.4, 0.5) is 5.69 Å². The number of hydrogen-bond acceptors (Lipinski definition) is 3. The van der Waals surface area contributed by atoms with Crippen LogP contribution < -0.4 is 5.32 Å². The van der Waals surface area contributed by atoms with Gasteiger partial charge in [0.15, 0.2) is 0 Å². The van der Waals surface area contributed by atoms with Crippen LogP contribution in [-0.2, 0) is 15.5 Å². The molecule has 0 radical (unpaired) electrons. The fourth-order valence-corrected chi connectivity index (χ4v) is 2.20. The Kier molecular flexibility index (Phi) is 5.04. The van der Waals surface area contributed by atoms with Crippen LogP contribution in [0, 0.1) is 0 Å². The maximum atomic E-state index is 11.6. The number of rotatable bonds is 5. The molecule has 3 N–H and O–H groups in total. The Morgan fingerprint density at radius 2 is 1.94 bits per heavy atom. The van der Waals surface area contributed by atoms with Crippen LogP contribution in [0.3, 0.4) is 0 Å². The highest BCUT2D eigenvalue weighted by molar-refractivity contribution is 7.50. The van der Waals surface area contributed by atoms with Gasteiger partial charge in [-0.15, -0.1) is 0 Å². The first-order chi connectivity index (χ1) is 8.28. The standard InChI is InChI=1S/C11H17N2O4P/c1-13(2)7-11(14)12-10-6-4-3-5-9(10)8-18(15,16)17/h3-6H,7-8H2,1-2H3,(H,12,14)(H2,15,16,17). The largest absolute Gasteiger partial charge is 0.329 e. The van der Waals surface area contributed by atoms with Crippen molar-refractivity contribution in [1.82, 2.24) is 4.90 Å². The van der Waals surface area contributed by atoms with Crippen LogP contribution in [0.5, 0.6) is 0 Å². The van der Waals surface area contributed by atoms with Crippen LogP contribution in [0.2, 0.25) is 0 Å². The number of nitrogens with zero attached hydrogens (tertiary/aromatic N) is 1. The molecule has 0 aliphatic heterocycles. The smallest absolute Gasteiger partial charge is 0.325 e. The zero-order valence-electron chi connectivity index (χ0n) is 10.3. The fourth-order valence-electron chi connectivity index (χ4n) is 1.48. The molecule has 6 nitrogen and oxygen atoms in total. The second kappa shape index (κ2) is 6.11. The molecule has 0 bridgehead atoms. The summed E-state index contributed by atoms with van der Waals surface area (Å²) in [6.45, 7) is 0.213. The number of hydrogen-bond donors (Lipinski definition) is 3. The molecule has 0 unspecified atom stereocenters. The second-order valence-electron chi connectivity index (χ2n) is 4.27. The number of para-hydroxylation sites is 1. The van der Waals surface area contributed by atoms with Crippen molar-refractivity contribution in [3.63, 3.8) is 0 Å². The second-order valence-corrected chi connectivity index (χ2v) is 5.91. The minimum atomic E-state index is -4.15. The number of nitrogens with one attached hydrogen (secondary N) is 1. The number of likely N-dealkylation sites (N-methyl/N-ethyl adjacent to an activating group) is 1. The molecule has 1 aromatic rings. The van der Waals surface area contributed by atoms with E-state index in [-0.39, 0.29) is 18.6 Å². The van der Waals surface area contributed by atoms with Crippen molar-refractivity contribution in [2.45, 2.75) is 6.16 Å². The topological polar surface area (TPSA) is 89.9 Å². The molecule has 0 saturated carbocycles. The van der Waals surface area contributed by atoms with Gasteiger partial charge >= 0.3 is 7.60 Å². The lowest BCUT2D eigenvalue weighted by molar-refractivity contribution is -0.116. The zero-order chi connectivity index (χ0) is 13.8. The van der Waals surface area contributed by atoms with E-state index in [1.54, 1.807) is 43.3 Å². The van der Waals surface area contributed by atoms with E-state index < -0.39 is 7.60 Å². The molecule has 1 rings (SSSR count). The molecule has 0 aliphatic rings. The van der Waals surface area contributed by atoms with Crippen LogP contribution in [0.1, 0.15) is 5.56 Å². The van der Waals surface area contributed by atoms with Crippen molar-refractivity contribution in [3.8, 4) is 0 Å². The molecule has 0 aliphatic carbocycles. The minimum absolute atomic E-state index is 0.213. The van der Waals surface area contributed by atoms with Gasteiger partial charge in [-0.05, 0) is 25.7 Å². The van der Waals surface area contributed by atoms with Crippen LogP contribution in [-0.4, -0.2) is 41.2 Å². The van der Waals surface area contributed by atoms with E-state index in [2.05, 4.69) is 5.32 Å². The summed E-state index contributed by atoms with van der Waals surface area (Å²) in [7, 11) is -0.617. The van der Waals surface area contributed by atoms with Crippen LogP contribution in [0.15, 0.2) is 24.3 Å². The number of carbonyl (C=O) groups excluding carboxylic acids is 1. The highest BCUT2D eigenvalue weighted by atomic mass is 31.2. The van der Waals surface area contributed by atoms with Crippen molar-refractivity contribution in [2.75, 3.05) is 26.0 Å². The van der Waals surface area contributed by atoms with E-state index in [0.717, 1.165) is 0 Å². The number of amides is 1. The molecule has 0 heterocycles. The monoisotopic (exact) mass is 272 g/mol. The predicted molar refractivity (Wildman–Crippen MR) is 69.4 cm³/mol. The van der Waals surface area contributed by atoms with Gasteiger partial charge in [-0.1, -0.05) is 18.2 Å². The minimum Gasteiger partial charge on any atom is -0.325 e. The van der Waals surface area contributed by atoms with Gasteiger partial charge in [-0.2, -0.15) is 0 Å². The van der Waals surface area contributed by atoms with Gasteiger partial charge in [-0.25, -0.2) is 0 Å². The summed E-state index contributed by atoms with van der Waals surface area (Å²) in [6.07, 6.45) is -0.384. The Labute approximate surface area is 106 Å². The quantitative estimate of drug-likeness (QED) is 0.692. The average Bonchev–Trinajstić information content (AvgIpc) is 2.17. The van der Waals surface area contributed by atoms with E-state index in [4.69, 9.17) is 9.79 Å². The lowest BCUT2D eigenvalue weighted by Crippen LogP contribution is -2.27. The molecule has 18 heavy (non-hydrogen) atoms. The first-order valence-corrected chi connectivity index (χ1v) is 7.15. The summed E-state index contributed by atoms with van der Waals surface area (Å²) in [4.78, 5) is 31.2. The summed E-state index contributed by atoms with van der Waals surface area (Å²) >= 11 is 0. The van der Waals surface area contributed by atoms with Gasteiger partial charge in [0.25, 0.3) is 0 Å². The molecular weight excluding hydrogens is 255 g/mol. The molecule has 0 aromatic heterocycles. The lowest BCUT2D eigenvalue weighted by atomic mass is 10.2. The molecule has 0 atom stereocenters. The first-order valence-electron chi connectivity index (χ1n) is 5.35. The lowest BCUT2D eigenvalue weighted by Gasteiger charge is -2.13. The van der Waals surface area contributed by atoms with Crippen molar-refractivity contribution >= 4 is 19.2 Å². The Bertz CT molecular complexity index is 470. The van der Waals surface area contributed by atoms with Crippen LogP contribution in [0.25, 0.3) is 0 Å². The summed E-state index contributed by atoms with van der Waals surface area (Å²) in [5.74, 6) is -0.224. The molecule has 0 saturated heterocycles. The van der Waals surface area contributed by atoms with Crippen molar-refractivity contribution in [3.05, 3.63) is 29.8 Å². The number of benzene rings is 1.